The van der Waals surface area contributed by atoms with Crippen molar-refractivity contribution < 1.29 is 14.8 Å². The van der Waals surface area contributed by atoms with Gasteiger partial charge in [0.2, 0.25) is 0 Å². The summed E-state index contributed by atoms with van der Waals surface area (Å²) >= 11 is 3.19. The van der Waals surface area contributed by atoms with Gasteiger partial charge in [0.25, 0.3) is 11.6 Å². The van der Waals surface area contributed by atoms with E-state index in [9.17, 15) is 20.0 Å². The molecule has 0 heterocycles. The number of nitrogens with zero attached hydrogens (tertiary/aromatic N) is 2. The summed E-state index contributed by atoms with van der Waals surface area (Å²) in [6.45, 7) is 2.03. The van der Waals surface area contributed by atoms with Crippen LogP contribution < -0.4 is 5.32 Å². The van der Waals surface area contributed by atoms with E-state index in [0.717, 1.165) is 0 Å². The van der Waals surface area contributed by atoms with E-state index in [1.165, 1.54) is 18.2 Å². The maximum Gasteiger partial charge on any atom is 0.270 e. The van der Waals surface area contributed by atoms with E-state index in [2.05, 4.69) is 21.2 Å². The molecule has 1 amide bonds. The lowest BCUT2D eigenvalue weighted by molar-refractivity contribution is -0.384. The van der Waals surface area contributed by atoms with Crippen molar-refractivity contribution in [1.29, 1.82) is 0 Å². The normalized spacial score (nSPS) is 13.8. The van der Waals surface area contributed by atoms with Crippen LogP contribution in [-0.4, -0.2) is 53.6 Å². The lowest BCUT2D eigenvalue weighted by Gasteiger charge is -2.27. The minimum absolute atomic E-state index is 0.0408. The molecule has 0 bridgehead atoms. The molecule has 0 spiro atoms. The largest absolute Gasteiger partial charge is 0.387 e. The summed E-state index contributed by atoms with van der Waals surface area (Å²) in [5.41, 5.74) is -1.10. The molecular weight excluding hydrogens is 342 g/mol. The van der Waals surface area contributed by atoms with Crippen LogP contribution in [0.5, 0.6) is 0 Å². The summed E-state index contributed by atoms with van der Waals surface area (Å²) in [7, 11) is 3.63. The summed E-state index contributed by atoms with van der Waals surface area (Å²) in [5.74, 6) is -0.482. The van der Waals surface area contributed by atoms with Gasteiger partial charge in [0.05, 0.1) is 16.1 Å². The fourth-order valence-corrected chi connectivity index (χ4v) is 2.33. The number of hydrogen-bond acceptors (Lipinski definition) is 5. The molecule has 1 aromatic rings. The maximum atomic E-state index is 12.1. The van der Waals surface area contributed by atoms with E-state index in [4.69, 9.17) is 0 Å². The van der Waals surface area contributed by atoms with Crippen LogP contribution in [0.1, 0.15) is 17.3 Å². The van der Waals surface area contributed by atoms with E-state index in [-0.39, 0.29) is 17.8 Å². The number of likely N-dealkylation sites (N-methyl/N-ethyl adjacent to an activating group) is 1. The Bertz CT molecular complexity index is 546. The molecule has 0 saturated carbocycles. The minimum Gasteiger partial charge on any atom is -0.387 e. The van der Waals surface area contributed by atoms with Gasteiger partial charge in [-0.1, -0.05) is 0 Å². The highest BCUT2D eigenvalue weighted by Crippen LogP contribution is 2.22. The second-order valence-corrected chi connectivity index (χ2v) is 6.19. The maximum absolute atomic E-state index is 12.1. The first-order chi connectivity index (χ1) is 9.62. The number of non-ortho nitro benzene ring substituents is 1. The van der Waals surface area contributed by atoms with E-state index in [1.54, 1.807) is 11.8 Å². The third-order valence-corrected chi connectivity index (χ3v) is 3.38. The Morgan fingerprint density at radius 2 is 2.14 bits per heavy atom. The molecule has 1 aromatic carbocycles. The van der Waals surface area contributed by atoms with Crippen LogP contribution in [0.25, 0.3) is 0 Å². The molecule has 0 aliphatic heterocycles. The highest BCUT2D eigenvalue weighted by Gasteiger charge is 2.23. The molecule has 0 aromatic heterocycles. The number of nitrogens with one attached hydrogen (secondary N) is 1. The highest BCUT2D eigenvalue weighted by molar-refractivity contribution is 9.10. The van der Waals surface area contributed by atoms with E-state index >= 15 is 0 Å². The molecule has 1 rings (SSSR count). The molecule has 7 nitrogen and oxygen atoms in total. The van der Waals surface area contributed by atoms with Gasteiger partial charge in [-0.15, -0.1) is 0 Å². The van der Waals surface area contributed by atoms with Crippen molar-refractivity contribution in [1.82, 2.24) is 10.2 Å². The Morgan fingerprint density at radius 3 is 2.67 bits per heavy atom. The zero-order chi connectivity index (χ0) is 16.2. The molecule has 116 valence electrons. The summed E-state index contributed by atoms with van der Waals surface area (Å²) in [5, 5.41) is 23.4. The molecular formula is C13H18BrN3O4. The van der Waals surface area contributed by atoms with Gasteiger partial charge in [-0.2, -0.15) is 0 Å². The molecule has 0 fully saturated rings. The SMILES string of the molecule is CN(C)CC(C)(O)CNC(=O)c1cc([N+](=O)[O-])ccc1Br. The molecule has 8 heteroatoms. The molecule has 1 unspecified atom stereocenters. The molecule has 0 saturated heterocycles. The summed E-state index contributed by atoms with van der Waals surface area (Å²) in [6.07, 6.45) is 0. The second kappa shape index (κ2) is 6.97. The molecule has 21 heavy (non-hydrogen) atoms. The predicted molar refractivity (Wildman–Crippen MR) is 82.3 cm³/mol. The van der Waals surface area contributed by atoms with Crippen molar-refractivity contribution in [2.75, 3.05) is 27.2 Å². The Hall–Kier alpha value is -1.51. The number of carbonyl (C=O) groups is 1. The molecule has 0 radical (unpaired) electrons. The van der Waals surface area contributed by atoms with Crippen LogP contribution in [0.4, 0.5) is 5.69 Å². The molecule has 1 atom stereocenters. The second-order valence-electron chi connectivity index (χ2n) is 5.34. The molecule has 2 N–H and O–H groups in total. The smallest absolute Gasteiger partial charge is 0.270 e. The van der Waals surface area contributed by atoms with Crippen LogP contribution >= 0.6 is 15.9 Å². The first-order valence-corrected chi connectivity index (χ1v) is 7.01. The first kappa shape index (κ1) is 17.5. The van der Waals surface area contributed by atoms with Gasteiger partial charge >= 0.3 is 0 Å². The van der Waals surface area contributed by atoms with Crippen LogP contribution in [0.2, 0.25) is 0 Å². The van der Waals surface area contributed by atoms with Crippen molar-refractivity contribution in [3.05, 3.63) is 38.3 Å². The Labute approximate surface area is 131 Å². The number of amides is 1. The standard InChI is InChI=1S/C13H18BrN3O4/c1-13(19,8-16(2)3)7-15-12(18)10-6-9(17(20)21)4-5-11(10)14/h4-6,19H,7-8H2,1-3H3,(H,15,18). The van der Waals surface area contributed by atoms with Crippen molar-refractivity contribution in [2.24, 2.45) is 0 Å². The number of benzene rings is 1. The van der Waals surface area contributed by atoms with Gasteiger partial charge in [0, 0.05) is 29.7 Å². The van der Waals surface area contributed by atoms with E-state index < -0.39 is 16.4 Å². The van der Waals surface area contributed by atoms with E-state index in [1.807, 2.05) is 14.1 Å². The number of hydrogen-bond donors (Lipinski definition) is 2. The van der Waals surface area contributed by atoms with Gasteiger partial charge in [-0.3, -0.25) is 14.9 Å². The average Bonchev–Trinajstić information content (AvgIpc) is 2.34. The molecule has 0 aliphatic carbocycles. The number of nitro groups is 1. The number of carbonyl (C=O) groups excluding carboxylic acids is 1. The highest BCUT2D eigenvalue weighted by atomic mass is 79.9. The van der Waals surface area contributed by atoms with Crippen LogP contribution in [0.3, 0.4) is 0 Å². The van der Waals surface area contributed by atoms with Crippen LogP contribution in [-0.2, 0) is 0 Å². The van der Waals surface area contributed by atoms with E-state index in [0.29, 0.717) is 11.0 Å². The lowest BCUT2D eigenvalue weighted by atomic mass is 10.1. The Morgan fingerprint density at radius 1 is 1.52 bits per heavy atom. The lowest BCUT2D eigenvalue weighted by Crippen LogP contribution is -2.47. The average molecular weight is 360 g/mol. The zero-order valence-corrected chi connectivity index (χ0v) is 13.7. The summed E-state index contributed by atoms with van der Waals surface area (Å²) in [4.78, 5) is 24.1. The van der Waals surface area contributed by atoms with Crippen LogP contribution in [0, 0.1) is 10.1 Å². The van der Waals surface area contributed by atoms with Gasteiger partial charge in [0.15, 0.2) is 0 Å². The monoisotopic (exact) mass is 359 g/mol. The van der Waals surface area contributed by atoms with Gasteiger partial charge < -0.3 is 15.3 Å². The minimum atomic E-state index is -1.09. The Balaban J connectivity index is 2.80. The topological polar surface area (TPSA) is 95.7 Å². The van der Waals surface area contributed by atoms with Crippen molar-refractivity contribution in [3.63, 3.8) is 0 Å². The third-order valence-electron chi connectivity index (χ3n) is 2.69. The fraction of sp³-hybridized carbons (Fsp3) is 0.462. The fourth-order valence-electron chi connectivity index (χ4n) is 1.90. The summed E-state index contributed by atoms with van der Waals surface area (Å²) in [6, 6.07) is 3.95. The van der Waals surface area contributed by atoms with Gasteiger partial charge in [0.1, 0.15) is 0 Å². The van der Waals surface area contributed by atoms with Crippen molar-refractivity contribution >= 4 is 27.5 Å². The predicted octanol–water partition coefficient (Wildman–Crippen LogP) is 1.40. The van der Waals surface area contributed by atoms with Crippen molar-refractivity contribution in [2.45, 2.75) is 12.5 Å². The van der Waals surface area contributed by atoms with Gasteiger partial charge in [-0.25, -0.2) is 0 Å². The third kappa shape index (κ3) is 5.41. The quantitative estimate of drug-likeness (QED) is 0.591. The number of aliphatic hydroxyl groups is 1. The van der Waals surface area contributed by atoms with Gasteiger partial charge in [-0.05, 0) is 43.0 Å². The summed E-state index contributed by atoms with van der Waals surface area (Å²) < 4.78 is 0.456. The van der Waals surface area contributed by atoms with Crippen LogP contribution in [0.15, 0.2) is 22.7 Å². The molecule has 0 aliphatic rings. The zero-order valence-electron chi connectivity index (χ0n) is 12.1. The van der Waals surface area contributed by atoms with Crippen molar-refractivity contribution in [3.8, 4) is 0 Å². The number of halogens is 1. The number of nitro benzene ring substituents is 1. The Kier molecular flexibility index (Phi) is 5.82. The number of rotatable bonds is 6. The first-order valence-electron chi connectivity index (χ1n) is 6.21.